The van der Waals surface area contributed by atoms with Gasteiger partial charge < -0.3 is 10.2 Å². The van der Waals surface area contributed by atoms with E-state index < -0.39 is 0 Å². The summed E-state index contributed by atoms with van der Waals surface area (Å²) in [7, 11) is 0. The smallest absolute Gasteiger partial charge is 0.269 e. The fourth-order valence-electron chi connectivity index (χ4n) is 1.71. The molecule has 1 heterocycles. The van der Waals surface area contributed by atoms with Crippen LogP contribution in [0.4, 0.5) is 11.4 Å². The maximum Gasteiger partial charge on any atom is 0.269 e. The minimum Gasteiger partial charge on any atom is -0.369 e. The lowest BCUT2D eigenvalue weighted by Gasteiger charge is -2.29. The quantitative estimate of drug-likeness (QED) is 0.663. The monoisotopic (exact) mass is 279 g/mol. The highest BCUT2D eigenvalue weighted by Crippen LogP contribution is 2.19. The van der Waals surface area contributed by atoms with Crippen LogP contribution in [0.2, 0.25) is 0 Å². The molecule has 0 saturated carbocycles. The fourth-order valence-corrected chi connectivity index (χ4v) is 1.71. The van der Waals surface area contributed by atoms with Crippen LogP contribution in [0.5, 0.6) is 0 Å². The fraction of sp³-hybridized carbons (Fsp3) is 0.400. The van der Waals surface area contributed by atoms with Gasteiger partial charge in [0.2, 0.25) is 0 Å². The number of benzene rings is 1. The zero-order valence-electron chi connectivity index (χ0n) is 9.17. The highest BCUT2D eigenvalue weighted by atomic mass is 35.5. The highest BCUT2D eigenvalue weighted by molar-refractivity contribution is 5.85. The lowest BCUT2D eigenvalue weighted by atomic mass is 10.2. The first-order valence-corrected chi connectivity index (χ1v) is 4.97. The number of anilines is 1. The van der Waals surface area contributed by atoms with Crippen LogP contribution < -0.4 is 10.2 Å². The number of hydrogen-bond acceptors (Lipinski definition) is 4. The summed E-state index contributed by atoms with van der Waals surface area (Å²) >= 11 is 0. The van der Waals surface area contributed by atoms with Gasteiger partial charge >= 0.3 is 0 Å². The predicted molar refractivity (Wildman–Crippen MR) is 72.7 cm³/mol. The first-order valence-electron chi connectivity index (χ1n) is 4.97. The molecule has 0 bridgehead atoms. The van der Waals surface area contributed by atoms with Crippen molar-refractivity contribution < 1.29 is 4.92 Å². The van der Waals surface area contributed by atoms with Gasteiger partial charge in [-0.3, -0.25) is 10.1 Å². The molecule has 1 aliphatic rings. The summed E-state index contributed by atoms with van der Waals surface area (Å²) in [6, 6.07) is 6.72. The molecule has 0 spiro atoms. The van der Waals surface area contributed by atoms with Gasteiger partial charge in [-0.05, 0) is 12.1 Å². The second-order valence-corrected chi connectivity index (χ2v) is 3.51. The molecular weight excluding hydrogens is 265 g/mol. The summed E-state index contributed by atoms with van der Waals surface area (Å²) in [6.45, 7) is 3.85. The Morgan fingerprint density at radius 2 is 1.65 bits per heavy atom. The van der Waals surface area contributed by atoms with E-state index in [1.807, 2.05) is 12.1 Å². The molecule has 1 aromatic carbocycles. The Kier molecular flexibility index (Phi) is 6.87. The van der Waals surface area contributed by atoms with Crippen molar-refractivity contribution >= 4 is 36.2 Å². The molecule has 0 amide bonds. The second kappa shape index (κ2) is 7.32. The Morgan fingerprint density at radius 3 is 2.12 bits per heavy atom. The van der Waals surface area contributed by atoms with Crippen LogP contribution >= 0.6 is 24.8 Å². The Balaban J connectivity index is 0.00000128. The molecular formula is C10H15Cl2N3O2. The molecule has 1 fully saturated rings. The van der Waals surface area contributed by atoms with Gasteiger partial charge in [-0.1, -0.05) is 0 Å². The molecule has 0 aromatic heterocycles. The van der Waals surface area contributed by atoms with E-state index in [1.54, 1.807) is 12.1 Å². The molecule has 2 rings (SSSR count). The van der Waals surface area contributed by atoms with E-state index in [9.17, 15) is 10.1 Å². The Labute approximate surface area is 112 Å². The van der Waals surface area contributed by atoms with E-state index in [4.69, 9.17) is 0 Å². The third-order valence-corrected chi connectivity index (χ3v) is 2.54. The first-order chi connectivity index (χ1) is 7.27. The molecule has 1 saturated heterocycles. The lowest BCUT2D eigenvalue weighted by Crippen LogP contribution is -2.43. The minimum absolute atomic E-state index is 0. The Morgan fingerprint density at radius 1 is 1.12 bits per heavy atom. The number of nitrogens with one attached hydrogen (secondary N) is 1. The van der Waals surface area contributed by atoms with Crippen molar-refractivity contribution in [3.05, 3.63) is 34.4 Å². The second-order valence-electron chi connectivity index (χ2n) is 3.51. The Bertz CT molecular complexity index is 353. The van der Waals surface area contributed by atoms with E-state index in [0.29, 0.717) is 0 Å². The van der Waals surface area contributed by atoms with E-state index in [-0.39, 0.29) is 35.4 Å². The van der Waals surface area contributed by atoms with Crippen molar-refractivity contribution in [3.8, 4) is 0 Å². The summed E-state index contributed by atoms with van der Waals surface area (Å²) < 4.78 is 0. The summed E-state index contributed by atoms with van der Waals surface area (Å²) in [6.07, 6.45) is 0. The average molecular weight is 280 g/mol. The van der Waals surface area contributed by atoms with E-state index in [1.165, 1.54) is 0 Å². The van der Waals surface area contributed by atoms with Crippen LogP contribution in [0.25, 0.3) is 0 Å². The summed E-state index contributed by atoms with van der Waals surface area (Å²) in [4.78, 5) is 12.3. The van der Waals surface area contributed by atoms with Gasteiger partial charge in [-0.25, -0.2) is 0 Å². The lowest BCUT2D eigenvalue weighted by molar-refractivity contribution is -0.384. The molecule has 96 valence electrons. The van der Waals surface area contributed by atoms with Gasteiger partial charge in [-0.15, -0.1) is 24.8 Å². The minimum atomic E-state index is -0.373. The molecule has 0 atom stereocenters. The molecule has 17 heavy (non-hydrogen) atoms. The summed E-state index contributed by atoms with van der Waals surface area (Å²) in [5, 5.41) is 13.7. The maximum absolute atomic E-state index is 10.5. The van der Waals surface area contributed by atoms with Crippen molar-refractivity contribution in [1.29, 1.82) is 0 Å². The maximum atomic E-state index is 10.5. The van der Waals surface area contributed by atoms with E-state index in [2.05, 4.69) is 10.2 Å². The topological polar surface area (TPSA) is 58.4 Å². The number of non-ortho nitro benzene ring substituents is 1. The van der Waals surface area contributed by atoms with Crippen molar-refractivity contribution in [3.63, 3.8) is 0 Å². The molecule has 1 aromatic rings. The van der Waals surface area contributed by atoms with E-state index >= 15 is 0 Å². The highest BCUT2D eigenvalue weighted by Gasteiger charge is 2.11. The SMILES string of the molecule is Cl.Cl.O=[N+]([O-])c1ccc(N2CCNCC2)cc1. The first kappa shape index (κ1) is 16.0. The van der Waals surface area contributed by atoms with Gasteiger partial charge in [-0.2, -0.15) is 0 Å². The molecule has 1 N–H and O–H groups in total. The van der Waals surface area contributed by atoms with Gasteiger partial charge in [0.15, 0.2) is 0 Å². The van der Waals surface area contributed by atoms with Crippen LogP contribution in [0.15, 0.2) is 24.3 Å². The number of halogens is 2. The molecule has 5 nitrogen and oxygen atoms in total. The number of nitrogens with zero attached hydrogens (tertiary/aromatic N) is 2. The van der Waals surface area contributed by atoms with Gasteiger partial charge in [0, 0.05) is 44.0 Å². The Hall–Kier alpha value is -1.04. The van der Waals surface area contributed by atoms with Crippen molar-refractivity contribution in [2.45, 2.75) is 0 Å². The molecule has 1 aliphatic heterocycles. The van der Waals surface area contributed by atoms with Gasteiger partial charge in [0.25, 0.3) is 5.69 Å². The molecule has 0 unspecified atom stereocenters. The van der Waals surface area contributed by atoms with Crippen LogP contribution in [-0.2, 0) is 0 Å². The molecule has 0 radical (unpaired) electrons. The average Bonchev–Trinajstić information content (AvgIpc) is 2.30. The van der Waals surface area contributed by atoms with Crippen molar-refractivity contribution in [2.75, 3.05) is 31.1 Å². The third-order valence-electron chi connectivity index (χ3n) is 2.54. The van der Waals surface area contributed by atoms with Gasteiger partial charge in [0.05, 0.1) is 4.92 Å². The van der Waals surface area contributed by atoms with Crippen molar-refractivity contribution in [1.82, 2.24) is 5.32 Å². The van der Waals surface area contributed by atoms with Crippen molar-refractivity contribution in [2.24, 2.45) is 0 Å². The molecule has 0 aliphatic carbocycles. The van der Waals surface area contributed by atoms with Crippen LogP contribution in [0, 0.1) is 10.1 Å². The number of nitro benzene ring substituents is 1. The predicted octanol–water partition coefficient (Wildman–Crippen LogP) is 1.85. The summed E-state index contributed by atoms with van der Waals surface area (Å²) in [5.41, 5.74) is 1.20. The van der Waals surface area contributed by atoms with Crippen LogP contribution in [-0.4, -0.2) is 31.1 Å². The van der Waals surface area contributed by atoms with Crippen LogP contribution in [0.1, 0.15) is 0 Å². The third kappa shape index (κ3) is 4.03. The number of piperazine rings is 1. The zero-order valence-corrected chi connectivity index (χ0v) is 10.8. The summed E-state index contributed by atoms with van der Waals surface area (Å²) in [5.74, 6) is 0. The number of nitro groups is 1. The largest absolute Gasteiger partial charge is 0.369 e. The van der Waals surface area contributed by atoms with Crippen LogP contribution in [0.3, 0.4) is 0 Å². The number of rotatable bonds is 2. The molecule has 7 heteroatoms. The van der Waals surface area contributed by atoms with E-state index in [0.717, 1.165) is 31.9 Å². The zero-order chi connectivity index (χ0) is 10.7. The number of hydrogen-bond donors (Lipinski definition) is 1. The van der Waals surface area contributed by atoms with Gasteiger partial charge in [0.1, 0.15) is 0 Å². The standard InChI is InChI=1S/C10H13N3O2.2ClH/c14-13(15)10-3-1-9(2-4-10)12-7-5-11-6-8-12;;/h1-4,11H,5-8H2;2*1H. The normalized spacial score (nSPS) is 14.5.